The van der Waals surface area contributed by atoms with E-state index in [1.54, 1.807) is 18.3 Å². The number of hydrogen-bond acceptors (Lipinski definition) is 4. The van der Waals surface area contributed by atoms with Gasteiger partial charge in [0.05, 0.1) is 5.56 Å². The van der Waals surface area contributed by atoms with E-state index in [1.165, 1.54) is 4.88 Å². The lowest BCUT2D eigenvalue weighted by Gasteiger charge is -2.36. The molecule has 148 valence electrons. The van der Waals surface area contributed by atoms with E-state index in [0.717, 1.165) is 41.0 Å². The second-order valence-corrected chi connectivity index (χ2v) is 8.41. The lowest BCUT2D eigenvalue weighted by atomic mass is 10.0. The predicted octanol–water partition coefficient (Wildman–Crippen LogP) is 4.89. The number of anilines is 1. The minimum Gasteiger partial charge on any atom is -0.368 e. The highest BCUT2D eigenvalue weighted by atomic mass is 32.1. The second-order valence-electron chi connectivity index (χ2n) is 7.33. The zero-order valence-electron chi connectivity index (χ0n) is 16.7. The Morgan fingerprint density at radius 1 is 0.897 bits per heavy atom. The molecule has 0 radical (unpaired) electrons. The largest absolute Gasteiger partial charge is 0.368 e. The van der Waals surface area contributed by atoms with Crippen LogP contribution in [0.25, 0.3) is 11.1 Å². The summed E-state index contributed by atoms with van der Waals surface area (Å²) in [5.41, 5.74) is 4.78. The number of hydrogen-bond donors (Lipinski definition) is 0. The number of carbonyl (C=O) groups excluding carboxylic acids is 2. The summed E-state index contributed by atoms with van der Waals surface area (Å²) in [6.45, 7) is 6.61. The van der Waals surface area contributed by atoms with E-state index >= 15 is 0 Å². The Kier molecular flexibility index (Phi) is 5.49. The third-order valence-electron chi connectivity index (χ3n) is 5.47. The Balaban J connectivity index is 1.47. The maximum atomic E-state index is 13.2. The van der Waals surface area contributed by atoms with Crippen molar-refractivity contribution in [3.05, 3.63) is 76.0 Å². The quantitative estimate of drug-likeness (QED) is 0.582. The number of ketones is 1. The van der Waals surface area contributed by atoms with Crippen molar-refractivity contribution in [2.24, 2.45) is 0 Å². The molecule has 5 heteroatoms. The molecule has 4 rings (SSSR count). The SMILES string of the molecule is CC(=O)c1ccc(N2CCN(C(=O)c3csc(C)c3-c3ccccc3)CC2)cc1. The van der Waals surface area contributed by atoms with Crippen LogP contribution in [0.4, 0.5) is 5.69 Å². The van der Waals surface area contributed by atoms with Gasteiger partial charge in [-0.05, 0) is 43.7 Å². The maximum absolute atomic E-state index is 13.2. The highest BCUT2D eigenvalue weighted by Crippen LogP contribution is 2.33. The zero-order valence-corrected chi connectivity index (χ0v) is 17.5. The third kappa shape index (κ3) is 3.96. The van der Waals surface area contributed by atoms with Crippen LogP contribution < -0.4 is 4.90 Å². The summed E-state index contributed by atoms with van der Waals surface area (Å²) in [7, 11) is 0. The number of thiophene rings is 1. The summed E-state index contributed by atoms with van der Waals surface area (Å²) in [6.07, 6.45) is 0. The molecule has 0 unspecified atom stereocenters. The van der Waals surface area contributed by atoms with E-state index in [4.69, 9.17) is 0 Å². The molecule has 3 aromatic rings. The van der Waals surface area contributed by atoms with Crippen LogP contribution in [0.15, 0.2) is 60.0 Å². The van der Waals surface area contributed by atoms with Crippen LogP contribution in [0, 0.1) is 6.92 Å². The van der Waals surface area contributed by atoms with E-state index in [1.807, 2.05) is 52.7 Å². The van der Waals surface area contributed by atoms with Crippen LogP contribution in [0.2, 0.25) is 0 Å². The summed E-state index contributed by atoms with van der Waals surface area (Å²) < 4.78 is 0. The first-order valence-corrected chi connectivity index (χ1v) is 10.7. The topological polar surface area (TPSA) is 40.6 Å². The molecule has 1 fully saturated rings. The number of nitrogens with zero attached hydrogens (tertiary/aromatic N) is 2. The molecule has 2 heterocycles. The van der Waals surface area contributed by atoms with E-state index in [2.05, 4.69) is 24.0 Å². The number of aryl methyl sites for hydroxylation is 1. The van der Waals surface area contributed by atoms with Crippen LogP contribution in [0.3, 0.4) is 0 Å². The van der Waals surface area contributed by atoms with Crippen molar-refractivity contribution in [2.75, 3.05) is 31.1 Å². The fraction of sp³-hybridized carbons (Fsp3) is 0.250. The molecule has 1 aromatic heterocycles. The van der Waals surface area contributed by atoms with E-state index < -0.39 is 0 Å². The molecule has 1 amide bonds. The monoisotopic (exact) mass is 404 g/mol. The van der Waals surface area contributed by atoms with Crippen molar-refractivity contribution in [2.45, 2.75) is 13.8 Å². The summed E-state index contributed by atoms with van der Waals surface area (Å²) in [5, 5.41) is 1.99. The minimum atomic E-state index is 0.0762. The Hall–Kier alpha value is -2.92. The van der Waals surface area contributed by atoms with Gasteiger partial charge in [0.1, 0.15) is 0 Å². The van der Waals surface area contributed by atoms with Gasteiger partial charge in [-0.1, -0.05) is 30.3 Å². The molecule has 1 aliphatic rings. The van der Waals surface area contributed by atoms with Gasteiger partial charge >= 0.3 is 0 Å². The first kappa shape index (κ1) is 19.4. The predicted molar refractivity (Wildman–Crippen MR) is 119 cm³/mol. The van der Waals surface area contributed by atoms with Crippen molar-refractivity contribution in [3.8, 4) is 11.1 Å². The number of amides is 1. The fourth-order valence-electron chi connectivity index (χ4n) is 3.82. The Morgan fingerprint density at radius 3 is 2.17 bits per heavy atom. The van der Waals surface area contributed by atoms with Gasteiger partial charge in [0.2, 0.25) is 0 Å². The summed E-state index contributed by atoms with van der Waals surface area (Å²) >= 11 is 1.63. The van der Waals surface area contributed by atoms with Crippen LogP contribution in [0.5, 0.6) is 0 Å². The van der Waals surface area contributed by atoms with Crippen molar-refractivity contribution < 1.29 is 9.59 Å². The third-order valence-corrected chi connectivity index (χ3v) is 6.38. The van der Waals surface area contributed by atoms with Gasteiger partial charge in [0, 0.05) is 53.3 Å². The second kappa shape index (κ2) is 8.21. The molecule has 0 atom stereocenters. The summed E-state index contributed by atoms with van der Waals surface area (Å²) in [6, 6.07) is 17.9. The number of piperazine rings is 1. The molecular weight excluding hydrogens is 380 g/mol. The maximum Gasteiger partial charge on any atom is 0.255 e. The molecule has 1 saturated heterocycles. The molecule has 4 nitrogen and oxygen atoms in total. The van der Waals surface area contributed by atoms with Crippen LogP contribution in [0.1, 0.15) is 32.5 Å². The summed E-state index contributed by atoms with van der Waals surface area (Å²) in [4.78, 5) is 30.1. The Labute approximate surface area is 175 Å². The molecule has 0 bridgehead atoms. The highest BCUT2D eigenvalue weighted by molar-refractivity contribution is 7.10. The van der Waals surface area contributed by atoms with Gasteiger partial charge in [-0.3, -0.25) is 9.59 Å². The normalized spacial score (nSPS) is 14.1. The van der Waals surface area contributed by atoms with Gasteiger partial charge in [0.25, 0.3) is 5.91 Å². The lowest BCUT2D eigenvalue weighted by molar-refractivity contribution is 0.0748. The Morgan fingerprint density at radius 2 is 1.55 bits per heavy atom. The van der Waals surface area contributed by atoms with Crippen molar-refractivity contribution in [1.29, 1.82) is 0 Å². The molecule has 2 aromatic carbocycles. The van der Waals surface area contributed by atoms with Crippen LogP contribution in [-0.2, 0) is 0 Å². The number of carbonyl (C=O) groups is 2. The first-order chi connectivity index (χ1) is 14.0. The standard InChI is InChI=1S/C24H24N2O2S/c1-17(27)19-8-10-21(11-9-19)25-12-14-26(15-13-25)24(28)22-16-29-18(2)23(22)20-6-4-3-5-7-20/h3-11,16H,12-15H2,1-2H3. The molecule has 0 saturated carbocycles. The lowest BCUT2D eigenvalue weighted by Crippen LogP contribution is -2.48. The number of rotatable bonds is 4. The van der Waals surface area contributed by atoms with Crippen molar-refractivity contribution >= 4 is 28.7 Å². The molecule has 1 aliphatic heterocycles. The van der Waals surface area contributed by atoms with Gasteiger partial charge in [0.15, 0.2) is 5.78 Å². The highest BCUT2D eigenvalue weighted by Gasteiger charge is 2.26. The van der Waals surface area contributed by atoms with Crippen LogP contribution in [-0.4, -0.2) is 42.8 Å². The first-order valence-electron chi connectivity index (χ1n) is 9.83. The average Bonchev–Trinajstić information content (AvgIpc) is 3.15. The smallest absolute Gasteiger partial charge is 0.255 e. The molecule has 0 N–H and O–H groups in total. The van der Waals surface area contributed by atoms with Crippen LogP contribution >= 0.6 is 11.3 Å². The van der Waals surface area contributed by atoms with Gasteiger partial charge in [-0.2, -0.15) is 0 Å². The fourth-order valence-corrected chi connectivity index (χ4v) is 4.68. The van der Waals surface area contributed by atoms with E-state index in [0.29, 0.717) is 13.1 Å². The van der Waals surface area contributed by atoms with E-state index in [9.17, 15) is 9.59 Å². The number of Topliss-reactive ketones (excluding diaryl/α,β-unsaturated/α-hetero) is 1. The molecule has 0 spiro atoms. The molecular formula is C24H24N2O2S. The molecule has 29 heavy (non-hydrogen) atoms. The van der Waals surface area contributed by atoms with Crippen molar-refractivity contribution in [1.82, 2.24) is 4.90 Å². The minimum absolute atomic E-state index is 0.0762. The van der Waals surface area contributed by atoms with Gasteiger partial charge in [-0.15, -0.1) is 11.3 Å². The summed E-state index contributed by atoms with van der Waals surface area (Å²) in [5.74, 6) is 0.187. The van der Waals surface area contributed by atoms with Crippen molar-refractivity contribution in [3.63, 3.8) is 0 Å². The van der Waals surface area contributed by atoms with Gasteiger partial charge in [-0.25, -0.2) is 0 Å². The molecule has 0 aliphatic carbocycles. The number of benzene rings is 2. The average molecular weight is 405 g/mol. The van der Waals surface area contributed by atoms with E-state index in [-0.39, 0.29) is 11.7 Å². The Bertz CT molecular complexity index is 1020. The zero-order chi connectivity index (χ0) is 20.4. The van der Waals surface area contributed by atoms with Gasteiger partial charge < -0.3 is 9.80 Å².